The van der Waals surface area contributed by atoms with Crippen molar-refractivity contribution in [1.29, 1.82) is 0 Å². The smallest absolute Gasteiger partial charge is 0.251 e. The fraction of sp³-hybridized carbons (Fsp3) is 0.333. The Labute approximate surface area is 93.3 Å². The van der Waals surface area contributed by atoms with Crippen LogP contribution in [0.2, 0.25) is 0 Å². The van der Waals surface area contributed by atoms with Crippen LogP contribution in [0.1, 0.15) is 19.5 Å². The number of H-pyrrole nitrogens is 1. The van der Waals surface area contributed by atoms with Gasteiger partial charge in [0.1, 0.15) is 0 Å². The number of aromatic amines is 1. The molecule has 0 saturated heterocycles. The molecule has 0 unspecified atom stereocenters. The van der Waals surface area contributed by atoms with Crippen LogP contribution >= 0.6 is 0 Å². The highest BCUT2D eigenvalue weighted by molar-refractivity contribution is 5.45. The summed E-state index contributed by atoms with van der Waals surface area (Å²) in [5.74, 6) is 1.55. The van der Waals surface area contributed by atoms with Crippen molar-refractivity contribution in [3.8, 4) is 11.6 Å². The second-order valence-electron chi connectivity index (χ2n) is 4.16. The van der Waals surface area contributed by atoms with Gasteiger partial charge in [0.05, 0.1) is 6.26 Å². The maximum absolute atomic E-state index is 11.5. The Hall–Kier alpha value is -1.84. The highest BCUT2D eigenvalue weighted by atomic mass is 16.3. The van der Waals surface area contributed by atoms with Crippen LogP contribution in [0.15, 0.2) is 33.7 Å². The van der Waals surface area contributed by atoms with Gasteiger partial charge in [-0.2, -0.15) is 0 Å². The van der Waals surface area contributed by atoms with Gasteiger partial charge in [0.25, 0.3) is 5.56 Å². The molecular weight excluding hydrogens is 204 g/mol. The van der Waals surface area contributed by atoms with Crippen LogP contribution < -0.4 is 5.56 Å². The third-order valence-electron chi connectivity index (χ3n) is 2.17. The highest BCUT2D eigenvalue weighted by Gasteiger charge is 2.07. The molecule has 2 aromatic rings. The average molecular weight is 218 g/mol. The summed E-state index contributed by atoms with van der Waals surface area (Å²) in [7, 11) is 0. The Morgan fingerprint density at radius 3 is 2.94 bits per heavy atom. The molecule has 0 aromatic carbocycles. The van der Waals surface area contributed by atoms with Gasteiger partial charge in [-0.1, -0.05) is 13.8 Å². The molecular formula is C12H14N2O2. The summed E-state index contributed by atoms with van der Waals surface area (Å²) in [6.07, 6.45) is 2.35. The maximum atomic E-state index is 11.5. The van der Waals surface area contributed by atoms with Crippen LogP contribution in [0.4, 0.5) is 0 Å². The van der Waals surface area contributed by atoms with E-state index in [1.54, 1.807) is 18.4 Å². The SMILES string of the molecule is CC(C)Cc1cc(=O)[nH]c(-c2ccco2)n1. The molecule has 0 amide bonds. The van der Waals surface area contributed by atoms with Gasteiger partial charge >= 0.3 is 0 Å². The number of rotatable bonds is 3. The Kier molecular flexibility index (Phi) is 2.90. The van der Waals surface area contributed by atoms with Gasteiger partial charge in [-0.05, 0) is 24.5 Å². The van der Waals surface area contributed by atoms with Crippen molar-refractivity contribution in [1.82, 2.24) is 9.97 Å². The van der Waals surface area contributed by atoms with Crippen molar-refractivity contribution >= 4 is 0 Å². The predicted molar refractivity (Wildman–Crippen MR) is 61.1 cm³/mol. The molecule has 0 aliphatic carbocycles. The molecule has 2 aromatic heterocycles. The fourth-order valence-electron chi connectivity index (χ4n) is 1.56. The molecule has 0 saturated carbocycles. The Morgan fingerprint density at radius 2 is 2.31 bits per heavy atom. The lowest BCUT2D eigenvalue weighted by Crippen LogP contribution is -2.11. The Morgan fingerprint density at radius 1 is 1.50 bits per heavy atom. The first-order valence-corrected chi connectivity index (χ1v) is 5.29. The molecule has 2 rings (SSSR count). The van der Waals surface area contributed by atoms with Crippen LogP contribution in [0.3, 0.4) is 0 Å². The van der Waals surface area contributed by atoms with Gasteiger partial charge < -0.3 is 9.40 Å². The van der Waals surface area contributed by atoms with Crippen molar-refractivity contribution in [3.63, 3.8) is 0 Å². The van der Waals surface area contributed by atoms with E-state index in [2.05, 4.69) is 23.8 Å². The second kappa shape index (κ2) is 4.35. The van der Waals surface area contributed by atoms with Crippen LogP contribution in [-0.2, 0) is 6.42 Å². The van der Waals surface area contributed by atoms with E-state index in [0.29, 0.717) is 17.5 Å². The third-order valence-corrected chi connectivity index (χ3v) is 2.17. The standard InChI is InChI=1S/C12H14N2O2/c1-8(2)6-9-7-11(15)14-12(13-9)10-4-3-5-16-10/h3-5,7-8H,6H2,1-2H3,(H,13,14,15). The molecule has 4 nitrogen and oxygen atoms in total. The lowest BCUT2D eigenvalue weighted by molar-refractivity contribution is 0.574. The number of hydrogen-bond acceptors (Lipinski definition) is 3. The molecule has 0 radical (unpaired) electrons. The quantitative estimate of drug-likeness (QED) is 0.859. The van der Waals surface area contributed by atoms with Crippen molar-refractivity contribution in [2.24, 2.45) is 5.92 Å². The van der Waals surface area contributed by atoms with Gasteiger partial charge in [-0.3, -0.25) is 4.79 Å². The van der Waals surface area contributed by atoms with E-state index in [0.717, 1.165) is 12.1 Å². The summed E-state index contributed by atoms with van der Waals surface area (Å²) >= 11 is 0. The van der Waals surface area contributed by atoms with Crippen molar-refractivity contribution in [2.75, 3.05) is 0 Å². The number of nitrogens with one attached hydrogen (secondary N) is 1. The minimum atomic E-state index is -0.142. The monoisotopic (exact) mass is 218 g/mol. The largest absolute Gasteiger partial charge is 0.461 e. The summed E-state index contributed by atoms with van der Waals surface area (Å²) in [4.78, 5) is 18.5. The summed E-state index contributed by atoms with van der Waals surface area (Å²) in [5.41, 5.74) is 0.655. The van der Waals surface area contributed by atoms with E-state index in [1.807, 2.05) is 0 Å². The van der Waals surface area contributed by atoms with Crippen LogP contribution in [0.25, 0.3) is 11.6 Å². The normalized spacial score (nSPS) is 10.9. The summed E-state index contributed by atoms with van der Waals surface area (Å²) in [6, 6.07) is 5.08. The molecule has 0 bridgehead atoms. The minimum Gasteiger partial charge on any atom is -0.461 e. The summed E-state index contributed by atoms with van der Waals surface area (Å²) < 4.78 is 5.20. The second-order valence-corrected chi connectivity index (χ2v) is 4.16. The predicted octanol–water partition coefficient (Wildman–Crippen LogP) is 2.23. The van der Waals surface area contributed by atoms with Crippen molar-refractivity contribution in [3.05, 3.63) is 40.5 Å². The molecule has 0 aliphatic rings. The fourth-order valence-corrected chi connectivity index (χ4v) is 1.56. The molecule has 2 heterocycles. The maximum Gasteiger partial charge on any atom is 0.251 e. The molecule has 0 spiro atoms. The average Bonchev–Trinajstić information content (AvgIpc) is 2.67. The number of furan rings is 1. The van der Waals surface area contributed by atoms with Gasteiger partial charge in [0.15, 0.2) is 11.6 Å². The van der Waals surface area contributed by atoms with Crippen LogP contribution in [0, 0.1) is 5.92 Å². The minimum absolute atomic E-state index is 0.142. The number of hydrogen-bond donors (Lipinski definition) is 1. The van der Waals surface area contributed by atoms with E-state index in [9.17, 15) is 4.79 Å². The van der Waals surface area contributed by atoms with E-state index < -0.39 is 0 Å². The van der Waals surface area contributed by atoms with Crippen LogP contribution in [-0.4, -0.2) is 9.97 Å². The van der Waals surface area contributed by atoms with Crippen LogP contribution in [0.5, 0.6) is 0 Å². The first-order valence-electron chi connectivity index (χ1n) is 5.29. The molecule has 0 atom stereocenters. The van der Waals surface area contributed by atoms with E-state index >= 15 is 0 Å². The van der Waals surface area contributed by atoms with Crippen molar-refractivity contribution in [2.45, 2.75) is 20.3 Å². The third kappa shape index (κ3) is 2.39. The van der Waals surface area contributed by atoms with E-state index in [-0.39, 0.29) is 5.56 Å². The number of nitrogens with zero attached hydrogens (tertiary/aromatic N) is 1. The van der Waals surface area contributed by atoms with Gasteiger partial charge in [0.2, 0.25) is 0 Å². The molecule has 4 heteroatoms. The van der Waals surface area contributed by atoms with Gasteiger partial charge in [-0.25, -0.2) is 4.98 Å². The lowest BCUT2D eigenvalue weighted by atomic mass is 10.1. The van der Waals surface area contributed by atoms with E-state index in [1.165, 1.54) is 6.07 Å². The van der Waals surface area contributed by atoms with Gasteiger partial charge in [-0.15, -0.1) is 0 Å². The Balaban J connectivity index is 2.40. The molecule has 1 N–H and O–H groups in total. The zero-order chi connectivity index (χ0) is 11.5. The molecule has 16 heavy (non-hydrogen) atoms. The molecule has 0 aliphatic heterocycles. The lowest BCUT2D eigenvalue weighted by Gasteiger charge is -2.04. The topological polar surface area (TPSA) is 58.9 Å². The first-order chi connectivity index (χ1) is 7.65. The van der Waals surface area contributed by atoms with Crippen molar-refractivity contribution < 1.29 is 4.42 Å². The molecule has 84 valence electrons. The zero-order valence-corrected chi connectivity index (χ0v) is 9.36. The van der Waals surface area contributed by atoms with E-state index in [4.69, 9.17) is 4.42 Å². The summed E-state index contributed by atoms with van der Waals surface area (Å²) in [5, 5.41) is 0. The molecule has 0 fully saturated rings. The highest BCUT2D eigenvalue weighted by Crippen LogP contribution is 2.14. The summed E-state index contributed by atoms with van der Waals surface area (Å²) in [6.45, 7) is 4.19. The Bertz CT molecular complexity index is 512. The zero-order valence-electron chi connectivity index (χ0n) is 9.36. The van der Waals surface area contributed by atoms with Gasteiger partial charge in [0, 0.05) is 11.8 Å². The first kappa shape index (κ1) is 10.7. The number of aromatic nitrogens is 2.